The van der Waals surface area contributed by atoms with Crippen LogP contribution in [0.2, 0.25) is 0 Å². The van der Waals surface area contributed by atoms with Crippen molar-refractivity contribution in [3.8, 4) is 5.75 Å². The molecular formula is C20H23N3O2. The van der Waals surface area contributed by atoms with Crippen LogP contribution in [-0.2, 0) is 0 Å². The fourth-order valence-corrected chi connectivity index (χ4v) is 4.14. The summed E-state index contributed by atoms with van der Waals surface area (Å²) < 4.78 is 6.36. The highest BCUT2D eigenvalue weighted by Crippen LogP contribution is 2.47. The van der Waals surface area contributed by atoms with E-state index in [9.17, 15) is 4.79 Å². The lowest BCUT2D eigenvalue weighted by Gasteiger charge is -2.40. The van der Waals surface area contributed by atoms with E-state index in [0.29, 0.717) is 11.5 Å². The summed E-state index contributed by atoms with van der Waals surface area (Å²) in [5.41, 5.74) is 2.15. The summed E-state index contributed by atoms with van der Waals surface area (Å²) in [6.45, 7) is 3.68. The molecule has 1 unspecified atom stereocenters. The number of hydrogen-bond acceptors (Lipinski definition) is 4. The van der Waals surface area contributed by atoms with E-state index in [-0.39, 0.29) is 17.6 Å². The van der Waals surface area contributed by atoms with Crippen LogP contribution in [0.5, 0.6) is 5.75 Å². The molecule has 1 atom stereocenters. The SMILES string of the molecule is Cc1cc(C(=O)NC2CC3(CCCC3)Oc3ccccc32)nc(C)n1. The number of para-hydroxylation sites is 1. The lowest BCUT2D eigenvalue weighted by Crippen LogP contribution is -2.43. The van der Waals surface area contributed by atoms with Gasteiger partial charge in [-0.25, -0.2) is 9.97 Å². The quantitative estimate of drug-likeness (QED) is 0.908. The summed E-state index contributed by atoms with van der Waals surface area (Å²) in [6, 6.07) is 9.71. The third-order valence-electron chi connectivity index (χ3n) is 5.22. The third kappa shape index (κ3) is 3.11. The van der Waals surface area contributed by atoms with Gasteiger partial charge in [-0.15, -0.1) is 0 Å². The standard InChI is InChI=1S/C20H23N3O2/c1-13-11-16(22-14(2)21-13)19(24)23-17-12-20(9-5-6-10-20)25-18-8-4-3-7-15(17)18/h3-4,7-8,11,17H,5-6,9-10,12H2,1-2H3,(H,23,24). The number of amides is 1. The average molecular weight is 337 g/mol. The van der Waals surface area contributed by atoms with Crippen molar-refractivity contribution >= 4 is 5.91 Å². The van der Waals surface area contributed by atoms with E-state index < -0.39 is 0 Å². The van der Waals surface area contributed by atoms with Crippen molar-refractivity contribution in [2.45, 2.75) is 57.6 Å². The molecule has 1 amide bonds. The van der Waals surface area contributed by atoms with Crippen molar-refractivity contribution < 1.29 is 9.53 Å². The Morgan fingerprint density at radius 3 is 2.72 bits per heavy atom. The number of rotatable bonds is 2. The first-order chi connectivity index (χ1) is 12.0. The number of nitrogens with one attached hydrogen (secondary N) is 1. The minimum atomic E-state index is -0.150. The Morgan fingerprint density at radius 2 is 1.96 bits per heavy atom. The normalized spacial score (nSPS) is 20.8. The molecule has 2 aliphatic rings. The smallest absolute Gasteiger partial charge is 0.270 e. The highest BCUT2D eigenvalue weighted by Gasteiger charge is 2.43. The molecule has 1 aromatic heterocycles. The molecule has 2 heterocycles. The first-order valence-electron chi connectivity index (χ1n) is 8.96. The molecule has 5 nitrogen and oxygen atoms in total. The Hall–Kier alpha value is -2.43. The number of ether oxygens (including phenoxy) is 1. The van der Waals surface area contributed by atoms with Gasteiger partial charge in [-0.2, -0.15) is 0 Å². The number of benzene rings is 1. The molecular weight excluding hydrogens is 314 g/mol. The molecule has 25 heavy (non-hydrogen) atoms. The average Bonchev–Trinajstić information content (AvgIpc) is 3.01. The maximum atomic E-state index is 12.8. The molecule has 4 rings (SSSR count). The van der Waals surface area contributed by atoms with Crippen molar-refractivity contribution in [3.05, 3.63) is 53.1 Å². The first-order valence-corrected chi connectivity index (χ1v) is 8.96. The van der Waals surface area contributed by atoms with Gasteiger partial charge < -0.3 is 10.1 Å². The van der Waals surface area contributed by atoms with Gasteiger partial charge in [0.25, 0.3) is 5.91 Å². The fraction of sp³-hybridized carbons (Fsp3) is 0.450. The third-order valence-corrected chi connectivity index (χ3v) is 5.22. The van der Waals surface area contributed by atoms with Gasteiger partial charge in [0.05, 0.1) is 6.04 Å². The number of carbonyl (C=O) groups excluding carboxylic acids is 1. The molecule has 1 aliphatic heterocycles. The number of aromatic nitrogens is 2. The van der Waals surface area contributed by atoms with Gasteiger partial charge in [0.15, 0.2) is 0 Å². The highest BCUT2D eigenvalue weighted by molar-refractivity contribution is 5.92. The lowest BCUT2D eigenvalue weighted by atomic mass is 9.86. The number of carbonyl (C=O) groups is 1. The second-order valence-electron chi connectivity index (χ2n) is 7.20. The summed E-state index contributed by atoms with van der Waals surface area (Å²) in [6.07, 6.45) is 5.30. The van der Waals surface area contributed by atoms with Crippen molar-refractivity contribution in [2.24, 2.45) is 0 Å². The maximum absolute atomic E-state index is 12.8. The summed E-state index contributed by atoms with van der Waals surface area (Å²) in [4.78, 5) is 21.3. The van der Waals surface area contributed by atoms with Gasteiger partial charge in [-0.1, -0.05) is 18.2 Å². The van der Waals surface area contributed by atoms with Crippen molar-refractivity contribution in [3.63, 3.8) is 0 Å². The van der Waals surface area contributed by atoms with Crippen LogP contribution < -0.4 is 10.1 Å². The van der Waals surface area contributed by atoms with Crippen LogP contribution in [0.4, 0.5) is 0 Å². The summed E-state index contributed by atoms with van der Waals surface area (Å²) in [5, 5.41) is 3.19. The second kappa shape index (κ2) is 6.14. The topological polar surface area (TPSA) is 64.1 Å². The molecule has 0 bridgehead atoms. The molecule has 1 fully saturated rings. The molecule has 0 radical (unpaired) electrons. The van der Waals surface area contributed by atoms with E-state index in [4.69, 9.17) is 4.74 Å². The van der Waals surface area contributed by atoms with E-state index in [1.807, 2.05) is 31.2 Å². The van der Waals surface area contributed by atoms with Crippen molar-refractivity contribution in [2.75, 3.05) is 0 Å². The predicted octanol–water partition coefficient (Wildman–Crippen LogP) is 3.66. The molecule has 1 spiro atoms. The molecule has 2 aromatic rings. The maximum Gasteiger partial charge on any atom is 0.270 e. The first kappa shape index (κ1) is 16.1. The second-order valence-corrected chi connectivity index (χ2v) is 7.20. The van der Waals surface area contributed by atoms with E-state index in [0.717, 1.165) is 36.3 Å². The molecule has 1 aliphatic carbocycles. The molecule has 1 aromatic carbocycles. The number of hydrogen-bond donors (Lipinski definition) is 1. The van der Waals surface area contributed by atoms with Crippen molar-refractivity contribution in [1.29, 1.82) is 0 Å². The van der Waals surface area contributed by atoms with Gasteiger partial charge in [-0.05, 0) is 51.7 Å². The van der Waals surface area contributed by atoms with E-state index in [1.165, 1.54) is 12.8 Å². The van der Waals surface area contributed by atoms with Crippen LogP contribution in [0.3, 0.4) is 0 Å². The van der Waals surface area contributed by atoms with Crippen LogP contribution in [0.25, 0.3) is 0 Å². The fourth-order valence-electron chi connectivity index (χ4n) is 4.14. The monoisotopic (exact) mass is 337 g/mol. The molecule has 5 heteroatoms. The van der Waals surface area contributed by atoms with Gasteiger partial charge in [0.2, 0.25) is 0 Å². The van der Waals surface area contributed by atoms with Crippen molar-refractivity contribution in [1.82, 2.24) is 15.3 Å². The molecule has 1 N–H and O–H groups in total. The van der Waals surface area contributed by atoms with Crippen LogP contribution in [0.15, 0.2) is 30.3 Å². The predicted molar refractivity (Wildman–Crippen MR) is 94.6 cm³/mol. The Bertz CT molecular complexity index is 792. The zero-order valence-electron chi connectivity index (χ0n) is 14.7. The summed E-state index contributed by atoms with van der Waals surface area (Å²) in [7, 11) is 0. The number of aryl methyl sites for hydroxylation is 2. The van der Waals surface area contributed by atoms with Gasteiger partial charge >= 0.3 is 0 Å². The highest BCUT2D eigenvalue weighted by atomic mass is 16.5. The Morgan fingerprint density at radius 1 is 1.20 bits per heavy atom. The minimum absolute atomic E-state index is 0.0499. The summed E-state index contributed by atoms with van der Waals surface area (Å²) in [5.74, 6) is 1.37. The van der Waals surface area contributed by atoms with Crippen LogP contribution in [0.1, 0.15) is 65.7 Å². The zero-order chi connectivity index (χ0) is 17.4. The lowest BCUT2D eigenvalue weighted by molar-refractivity contribution is 0.0360. The largest absolute Gasteiger partial charge is 0.487 e. The Kier molecular flexibility index (Phi) is 3.94. The molecule has 0 saturated heterocycles. The van der Waals surface area contributed by atoms with Crippen LogP contribution in [0, 0.1) is 13.8 Å². The van der Waals surface area contributed by atoms with E-state index in [2.05, 4.69) is 15.3 Å². The van der Waals surface area contributed by atoms with Crippen LogP contribution >= 0.6 is 0 Å². The molecule has 130 valence electrons. The summed E-state index contributed by atoms with van der Waals surface area (Å²) >= 11 is 0. The number of nitrogens with zero attached hydrogens (tertiary/aromatic N) is 2. The van der Waals surface area contributed by atoms with E-state index >= 15 is 0 Å². The van der Waals surface area contributed by atoms with Crippen LogP contribution in [-0.4, -0.2) is 21.5 Å². The Labute approximate surface area is 147 Å². The Balaban J connectivity index is 1.63. The van der Waals surface area contributed by atoms with Gasteiger partial charge in [0, 0.05) is 17.7 Å². The van der Waals surface area contributed by atoms with Gasteiger partial charge in [-0.3, -0.25) is 4.79 Å². The van der Waals surface area contributed by atoms with Gasteiger partial charge in [0.1, 0.15) is 22.9 Å². The zero-order valence-corrected chi connectivity index (χ0v) is 14.7. The van der Waals surface area contributed by atoms with E-state index in [1.54, 1.807) is 13.0 Å². The minimum Gasteiger partial charge on any atom is -0.487 e. The number of fused-ring (bicyclic) bond motifs is 1. The molecule has 1 saturated carbocycles.